The van der Waals surface area contributed by atoms with Crippen molar-refractivity contribution in [3.05, 3.63) is 17.3 Å². The van der Waals surface area contributed by atoms with Crippen LogP contribution in [0.25, 0.3) is 0 Å². The summed E-state index contributed by atoms with van der Waals surface area (Å²) in [5.41, 5.74) is 6.65. The fourth-order valence-electron chi connectivity index (χ4n) is 2.27. The molecule has 0 aromatic carbocycles. The van der Waals surface area contributed by atoms with Gasteiger partial charge in [-0.2, -0.15) is 0 Å². The first kappa shape index (κ1) is 11.5. The Balaban J connectivity index is 2.28. The maximum absolute atomic E-state index is 5.97. The van der Waals surface area contributed by atoms with Gasteiger partial charge in [0.15, 0.2) is 5.82 Å². The van der Waals surface area contributed by atoms with Crippen molar-refractivity contribution in [3.63, 3.8) is 0 Å². The molecule has 0 radical (unpaired) electrons. The molecule has 1 aromatic rings. The highest BCUT2D eigenvalue weighted by atomic mass is 35.5. The lowest BCUT2D eigenvalue weighted by Gasteiger charge is -2.38. The number of piperidine rings is 1. The lowest BCUT2D eigenvalue weighted by atomic mass is 9.95. The molecule has 2 rings (SSSR count). The van der Waals surface area contributed by atoms with E-state index in [4.69, 9.17) is 17.3 Å². The normalized spacial score (nSPS) is 25.8. The SMILES string of the molecule is CC1CCC(C)N(c2ncc(Cl)cc2N)C1. The number of nitrogen functional groups attached to an aromatic ring is 1. The number of aromatic nitrogens is 1. The summed E-state index contributed by atoms with van der Waals surface area (Å²) >= 11 is 5.86. The average Bonchev–Trinajstić information content (AvgIpc) is 2.22. The number of anilines is 2. The van der Waals surface area contributed by atoms with Crippen LogP contribution in [-0.2, 0) is 0 Å². The molecule has 0 spiro atoms. The van der Waals surface area contributed by atoms with Crippen molar-refractivity contribution in [2.75, 3.05) is 17.2 Å². The number of halogens is 1. The Labute approximate surface area is 102 Å². The van der Waals surface area contributed by atoms with Gasteiger partial charge in [-0.3, -0.25) is 0 Å². The number of pyridine rings is 1. The highest BCUT2D eigenvalue weighted by molar-refractivity contribution is 6.30. The van der Waals surface area contributed by atoms with Crippen LogP contribution in [0, 0.1) is 5.92 Å². The molecule has 0 aliphatic carbocycles. The minimum absolute atomic E-state index is 0.507. The van der Waals surface area contributed by atoms with Crippen molar-refractivity contribution in [2.45, 2.75) is 32.7 Å². The number of nitrogens with two attached hydrogens (primary N) is 1. The third-order valence-corrected chi connectivity index (χ3v) is 3.46. The quantitative estimate of drug-likeness (QED) is 0.820. The summed E-state index contributed by atoms with van der Waals surface area (Å²) in [6.07, 6.45) is 4.15. The van der Waals surface area contributed by atoms with Crippen LogP contribution < -0.4 is 10.6 Å². The molecule has 1 saturated heterocycles. The fourth-order valence-corrected chi connectivity index (χ4v) is 2.44. The van der Waals surface area contributed by atoms with E-state index < -0.39 is 0 Å². The second kappa shape index (κ2) is 4.50. The predicted octanol–water partition coefficient (Wildman–Crippen LogP) is 2.94. The summed E-state index contributed by atoms with van der Waals surface area (Å²) in [5.74, 6) is 1.58. The van der Waals surface area contributed by atoms with E-state index in [1.807, 2.05) is 0 Å². The van der Waals surface area contributed by atoms with E-state index in [0.717, 1.165) is 12.4 Å². The van der Waals surface area contributed by atoms with Crippen LogP contribution in [0.5, 0.6) is 0 Å². The second-order valence-corrected chi connectivity index (χ2v) is 5.19. The Morgan fingerprint density at radius 3 is 2.88 bits per heavy atom. The minimum Gasteiger partial charge on any atom is -0.396 e. The first-order valence-electron chi connectivity index (χ1n) is 5.75. The molecule has 0 bridgehead atoms. The van der Waals surface area contributed by atoms with Gasteiger partial charge in [0.2, 0.25) is 0 Å². The van der Waals surface area contributed by atoms with Crippen molar-refractivity contribution >= 4 is 23.1 Å². The van der Waals surface area contributed by atoms with Gasteiger partial charge >= 0.3 is 0 Å². The molecular weight excluding hydrogens is 222 g/mol. The molecule has 3 nitrogen and oxygen atoms in total. The van der Waals surface area contributed by atoms with Crippen molar-refractivity contribution in [3.8, 4) is 0 Å². The molecule has 0 saturated carbocycles. The summed E-state index contributed by atoms with van der Waals surface area (Å²) in [5, 5.41) is 0.596. The Bertz CT molecular complexity index is 381. The third kappa shape index (κ3) is 2.24. The largest absolute Gasteiger partial charge is 0.396 e. The van der Waals surface area contributed by atoms with Crippen molar-refractivity contribution in [1.82, 2.24) is 4.98 Å². The van der Waals surface area contributed by atoms with Crippen LogP contribution >= 0.6 is 11.6 Å². The van der Waals surface area contributed by atoms with Gasteiger partial charge < -0.3 is 10.6 Å². The van der Waals surface area contributed by atoms with E-state index in [2.05, 4.69) is 23.7 Å². The minimum atomic E-state index is 0.507. The molecule has 1 aromatic heterocycles. The first-order valence-corrected chi connectivity index (χ1v) is 6.13. The van der Waals surface area contributed by atoms with Gasteiger partial charge in [0.25, 0.3) is 0 Å². The van der Waals surface area contributed by atoms with Crippen molar-refractivity contribution in [2.24, 2.45) is 5.92 Å². The van der Waals surface area contributed by atoms with Gasteiger partial charge in [-0.15, -0.1) is 0 Å². The molecule has 1 fully saturated rings. The molecule has 4 heteroatoms. The van der Waals surface area contributed by atoms with Gasteiger partial charge in [-0.25, -0.2) is 4.98 Å². The second-order valence-electron chi connectivity index (χ2n) is 4.75. The lowest BCUT2D eigenvalue weighted by molar-refractivity contribution is 0.388. The zero-order valence-corrected chi connectivity index (χ0v) is 10.5. The van der Waals surface area contributed by atoms with Crippen LogP contribution in [0.1, 0.15) is 26.7 Å². The summed E-state index contributed by atoms with van der Waals surface area (Å²) < 4.78 is 0. The number of hydrogen-bond donors (Lipinski definition) is 1. The molecule has 2 N–H and O–H groups in total. The van der Waals surface area contributed by atoms with E-state index in [-0.39, 0.29) is 0 Å². The van der Waals surface area contributed by atoms with E-state index in [1.54, 1.807) is 12.3 Å². The maximum Gasteiger partial charge on any atom is 0.152 e. The summed E-state index contributed by atoms with van der Waals surface area (Å²) in [6.45, 7) is 5.52. The maximum atomic E-state index is 5.97. The number of hydrogen-bond acceptors (Lipinski definition) is 3. The van der Waals surface area contributed by atoms with Crippen LogP contribution in [-0.4, -0.2) is 17.6 Å². The summed E-state index contributed by atoms with van der Waals surface area (Å²) in [6, 6.07) is 2.28. The van der Waals surface area contributed by atoms with Gasteiger partial charge in [0.05, 0.1) is 10.7 Å². The average molecular weight is 240 g/mol. The molecule has 88 valence electrons. The molecule has 2 atom stereocenters. The molecule has 2 heterocycles. The molecule has 2 unspecified atom stereocenters. The number of nitrogens with zero attached hydrogens (tertiary/aromatic N) is 2. The van der Waals surface area contributed by atoms with Crippen LogP contribution in [0.3, 0.4) is 0 Å². The Kier molecular flexibility index (Phi) is 3.24. The smallest absolute Gasteiger partial charge is 0.152 e. The van der Waals surface area contributed by atoms with Crippen LogP contribution in [0.2, 0.25) is 5.02 Å². The molecule has 0 amide bonds. The Morgan fingerprint density at radius 1 is 1.44 bits per heavy atom. The van der Waals surface area contributed by atoms with Crippen molar-refractivity contribution in [1.29, 1.82) is 0 Å². The Morgan fingerprint density at radius 2 is 2.19 bits per heavy atom. The highest BCUT2D eigenvalue weighted by Crippen LogP contribution is 2.30. The van der Waals surface area contributed by atoms with Gasteiger partial charge in [-0.1, -0.05) is 18.5 Å². The van der Waals surface area contributed by atoms with E-state index in [9.17, 15) is 0 Å². The zero-order chi connectivity index (χ0) is 11.7. The van der Waals surface area contributed by atoms with E-state index in [0.29, 0.717) is 22.7 Å². The first-order chi connectivity index (χ1) is 7.58. The monoisotopic (exact) mass is 239 g/mol. The Hall–Kier alpha value is -0.960. The fraction of sp³-hybridized carbons (Fsp3) is 0.583. The summed E-state index contributed by atoms with van der Waals surface area (Å²) in [7, 11) is 0. The van der Waals surface area contributed by atoms with Crippen LogP contribution in [0.15, 0.2) is 12.3 Å². The van der Waals surface area contributed by atoms with Crippen LogP contribution in [0.4, 0.5) is 11.5 Å². The zero-order valence-electron chi connectivity index (χ0n) is 9.78. The highest BCUT2D eigenvalue weighted by Gasteiger charge is 2.25. The standard InChI is InChI=1S/C12H18ClN3/c1-8-3-4-9(2)16(7-8)12-11(14)5-10(13)6-15-12/h5-6,8-9H,3-4,7,14H2,1-2H3. The topological polar surface area (TPSA) is 42.2 Å². The third-order valence-electron chi connectivity index (χ3n) is 3.25. The predicted molar refractivity (Wildman–Crippen MR) is 68.9 cm³/mol. The van der Waals surface area contributed by atoms with E-state index >= 15 is 0 Å². The number of rotatable bonds is 1. The van der Waals surface area contributed by atoms with Crippen molar-refractivity contribution < 1.29 is 0 Å². The van der Waals surface area contributed by atoms with Gasteiger partial charge in [0, 0.05) is 18.8 Å². The lowest BCUT2D eigenvalue weighted by Crippen LogP contribution is -2.41. The molecule has 1 aliphatic heterocycles. The van der Waals surface area contributed by atoms with Gasteiger partial charge in [0.1, 0.15) is 0 Å². The summed E-state index contributed by atoms with van der Waals surface area (Å²) in [4.78, 5) is 6.65. The van der Waals surface area contributed by atoms with E-state index in [1.165, 1.54) is 12.8 Å². The molecule has 1 aliphatic rings. The molecule has 16 heavy (non-hydrogen) atoms. The molecular formula is C12H18ClN3. The van der Waals surface area contributed by atoms with Gasteiger partial charge in [-0.05, 0) is 31.7 Å².